The third kappa shape index (κ3) is 4.02. The number of aryl methyl sites for hydroxylation is 1. The Morgan fingerprint density at radius 2 is 2.00 bits per heavy atom. The first kappa shape index (κ1) is 18.7. The van der Waals surface area contributed by atoms with Crippen LogP contribution in [0.3, 0.4) is 0 Å². The van der Waals surface area contributed by atoms with Gasteiger partial charge >= 0.3 is 0 Å². The van der Waals surface area contributed by atoms with Gasteiger partial charge in [0.15, 0.2) is 5.52 Å². The number of hydrogen-bond acceptors (Lipinski definition) is 5. The van der Waals surface area contributed by atoms with Crippen molar-refractivity contribution in [2.75, 3.05) is 0 Å². The Hall–Kier alpha value is -2.06. The zero-order chi connectivity index (χ0) is 18.8. The number of benzene rings is 1. The van der Waals surface area contributed by atoms with Gasteiger partial charge in [0.2, 0.25) is 5.91 Å². The Kier molecular flexibility index (Phi) is 5.52. The minimum absolute atomic E-state index is 0.124. The topological polar surface area (TPSA) is 76.9 Å². The first-order valence-corrected chi connectivity index (χ1v) is 9.85. The Balaban J connectivity index is 1.77. The van der Waals surface area contributed by atoms with Gasteiger partial charge in [-0.3, -0.25) is 9.59 Å². The molecule has 0 aliphatic heterocycles. The maximum Gasteiger partial charge on any atom is 0.294 e. The predicted molar refractivity (Wildman–Crippen MR) is 106 cm³/mol. The second-order valence-corrected chi connectivity index (χ2v) is 8.28. The van der Waals surface area contributed by atoms with Gasteiger partial charge in [0.1, 0.15) is 6.54 Å². The summed E-state index contributed by atoms with van der Waals surface area (Å²) >= 11 is 4.87. The van der Waals surface area contributed by atoms with Crippen LogP contribution in [0.25, 0.3) is 10.2 Å². The molecule has 1 amide bonds. The normalized spacial score (nSPS) is 11.3. The number of fused-ring (bicyclic) bond motifs is 1. The van der Waals surface area contributed by atoms with Gasteiger partial charge in [0.05, 0.1) is 15.4 Å². The van der Waals surface area contributed by atoms with Crippen LogP contribution in [0, 0.1) is 6.92 Å². The number of nitrogens with one attached hydrogen (secondary N) is 1. The van der Waals surface area contributed by atoms with E-state index in [-0.39, 0.29) is 23.9 Å². The summed E-state index contributed by atoms with van der Waals surface area (Å²) < 4.78 is 2.97. The highest BCUT2D eigenvalue weighted by Crippen LogP contribution is 2.26. The number of amides is 1. The Morgan fingerprint density at radius 3 is 2.65 bits per heavy atom. The van der Waals surface area contributed by atoms with E-state index in [0.29, 0.717) is 17.8 Å². The number of carbonyl (C=O) groups excluding carboxylic acids is 1. The van der Waals surface area contributed by atoms with Crippen LogP contribution in [-0.4, -0.2) is 20.7 Å². The second kappa shape index (κ2) is 7.67. The van der Waals surface area contributed by atoms with E-state index < -0.39 is 0 Å². The molecule has 1 N–H and O–H groups in total. The number of carbonyl (C=O) groups is 1. The standard InChI is InChI=1S/C18H19BrN4O2S/c1-10(2)17-21-15-16(26-17)11(3)22-23(18(15)25)9-14(24)20-8-12-4-6-13(19)7-5-12/h4-7,10H,8-9H2,1-3H3,(H,20,24). The summed E-state index contributed by atoms with van der Waals surface area (Å²) in [7, 11) is 0. The largest absolute Gasteiger partial charge is 0.350 e. The minimum atomic E-state index is -0.326. The van der Waals surface area contributed by atoms with Crippen molar-refractivity contribution in [2.45, 2.75) is 39.8 Å². The maximum atomic E-state index is 12.6. The van der Waals surface area contributed by atoms with Crippen molar-refractivity contribution in [2.24, 2.45) is 0 Å². The molecule has 0 atom stereocenters. The van der Waals surface area contributed by atoms with Gasteiger partial charge in [-0.25, -0.2) is 9.67 Å². The molecule has 0 unspecified atom stereocenters. The van der Waals surface area contributed by atoms with Gasteiger partial charge in [-0.15, -0.1) is 11.3 Å². The number of rotatable bonds is 5. The van der Waals surface area contributed by atoms with E-state index >= 15 is 0 Å². The molecule has 0 aliphatic rings. The zero-order valence-corrected chi connectivity index (χ0v) is 17.1. The number of aromatic nitrogens is 3. The molecule has 1 aromatic carbocycles. The number of nitrogens with zero attached hydrogens (tertiary/aromatic N) is 3. The van der Waals surface area contributed by atoms with Gasteiger partial charge in [-0.05, 0) is 24.6 Å². The number of thiazole rings is 1. The average molecular weight is 435 g/mol. The molecule has 3 aromatic rings. The van der Waals surface area contributed by atoms with E-state index in [2.05, 4.69) is 31.3 Å². The Morgan fingerprint density at radius 1 is 1.31 bits per heavy atom. The van der Waals surface area contributed by atoms with E-state index in [0.717, 1.165) is 19.7 Å². The van der Waals surface area contributed by atoms with Crippen LogP contribution >= 0.6 is 27.3 Å². The zero-order valence-electron chi connectivity index (χ0n) is 14.7. The molecule has 0 aliphatic carbocycles. The average Bonchev–Trinajstić information content (AvgIpc) is 3.05. The Labute approximate surface area is 163 Å². The summed E-state index contributed by atoms with van der Waals surface area (Å²) in [5, 5.41) is 8.00. The molecular formula is C18H19BrN4O2S. The third-order valence-electron chi connectivity index (χ3n) is 3.87. The molecule has 0 saturated heterocycles. The fourth-order valence-electron chi connectivity index (χ4n) is 2.47. The van der Waals surface area contributed by atoms with Crippen molar-refractivity contribution in [3.8, 4) is 0 Å². The van der Waals surface area contributed by atoms with Gasteiger partial charge in [0.25, 0.3) is 5.56 Å². The van der Waals surface area contributed by atoms with Crippen molar-refractivity contribution in [3.05, 3.63) is 55.4 Å². The van der Waals surface area contributed by atoms with Crippen LogP contribution in [0.15, 0.2) is 33.5 Å². The van der Waals surface area contributed by atoms with Crippen molar-refractivity contribution >= 4 is 43.4 Å². The minimum Gasteiger partial charge on any atom is -0.350 e. The summed E-state index contributed by atoms with van der Waals surface area (Å²) in [6, 6.07) is 7.68. The van der Waals surface area contributed by atoms with Crippen molar-refractivity contribution < 1.29 is 4.79 Å². The molecule has 0 fully saturated rings. The molecule has 2 aromatic heterocycles. The van der Waals surface area contributed by atoms with Gasteiger partial charge < -0.3 is 5.32 Å². The molecule has 3 rings (SSSR count). The van der Waals surface area contributed by atoms with Crippen molar-refractivity contribution in [1.82, 2.24) is 20.1 Å². The molecule has 8 heteroatoms. The maximum absolute atomic E-state index is 12.6. The highest BCUT2D eigenvalue weighted by Gasteiger charge is 2.16. The van der Waals surface area contributed by atoms with Crippen molar-refractivity contribution in [1.29, 1.82) is 0 Å². The first-order valence-electron chi connectivity index (χ1n) is 8.24. The SMILES string of the molecule is Cc1nn(CC(=O)NCc2ccc(Br)cc2)c(=O)c2nc(C(C)C)sc12. The molecule has 0 saturated carbocycles. The molecule has 6 nitrogen and oxygen atoms in total. The van der Waals surface area contributed by atoms with E-state index in [4.69, 9.17) is 0 Å². The monoisotopic (exact) mass is 434 g/mol. The highest BCUT2D eigenvalue weighted by molar-refractivity contribution is 9.10. The number of halogens is 1. The lowest BCUT2D eigenvalue weighted by Gasteiger charge is -2.08. The lowest BCUT2D eigenvalue weighted by Crippen LogP contribution is -2.33. The fourth-order valence-corrected chi connectivity index (χ4v) is 3.73. The van der Waals surface area contributed by atoms with Crippen LogP contribution in [0.2, 0.25) is 0 Å². The second-order valence-electron chi connectivity index (χ2n) is 6.34. The molecule has 0 radical (unpaired) electrons. The summed E-state index contributed by atoms with van der Waals surface area (Å²) in [6.07, 6.45) is 0. The fraction of sp³-hybridized carbons (Fsp3) is 0.333. The van der Waals surface area contributed by atoms with Crippen LogP contribution in [0.5, 0.6) is 0 Å². The van der Waals surface area contributed by atoms with Crippen LogP contribution in [-0.2, 0) is 17.9 Å². The van der Waals surface area contributed by atoms with Crippen LogP contribution in [0.4, 0.5) is 0 Å². The summed E-state index contributed by atoms with van der Waals surface area (Å²) in [6.45, 7) is 6.18. The molecule has 136 valence electrons. The smallest absolute Gasteiger partial charge is 0.294 e. The van der Waals surface area contributed by atoms with E-state index in [1.165, 1.54) is 16.0 Å². The van der Waals surface area contributed by atoms with Crippen LogP contribution < -0.4 is 10.9 Å². The van der Waals surface area contributed by atoms with Gasteiger partial charge in [-0.2, -0.15) is 5.10 Å². The lowest BCUT2D eigenvalue weighted by atomic mass is 10.2. The predicted octanol–water partition coefficient (Wildman–Crippen LogP) is 3.36. The van der Waals surface area contributed by atoms with Gasteiger partial charge in [-0.1, -0.05) is 41.9 Å². The third-order valence-corrected chi connectivity index (χ3v) is 5.86. The van der Waals surface area contributed by atoms with E-state index in [9.17, 15) is 9.59 Å². The molecule has 0 spiro atoms. The molecule has 0 bridgehead atoms. The first-order chi connectivity index (χ1) is 12.3. The Bertz CT molecular complexity index is 1010. The molecular weight excluding hydrogens is 416 g/mol. The van der Waals surface area contributed by atoms with Crippen molar-refractivity contribution in [3.63, 3.8) is 0 Å². The summed E-state index contributed by atoms with van der Waals surface area (Å²) in [4.78, 5) is 29.3. The molecule has 2 heterocycles. The number of hydrogen-bond donors (Lipinski definition) is 1. The van der Waals surface area contributed by atoms with E-state index in [1.54, 1.807) is 0 Å². The summed E-state index contributed by atoms with van der Waals surface area (Å²) in [5.41, 5.74) is 1.76. The lowest BCUT2D eigenvalue weighted by molar-refractivity contribution is -0.122. The highest BCUT2D eigenvalue weighted by atomic mass is 79.9. The summed E-state index contributed by atoms with van der Waals surface area (Å²) in [5.74, 6) is -0.0190. The van der Waals surface area contributed by atoms with Crippen LogP contribution in [0.1, 0.15) is 36.0 Å². The van der Waals surface area contributed by atoms with Gasteiger partial charge in [0, 0.05) is 16.9 Å². The van der Waals surface area contributed by atoms with E-state index in [1.807, 2.05) is 45.0 Å². The molecule has 26 heavy (non-hydrogen) atoms. The quantitative estimate of drug-likeness (QED) is 0.667.